The monoisotopic (exact) mass is 221 g/mol. The van der Waals surface area contributed by atoms with Crippen molar-refractivity contribution in [3.05, 3.63) is 12.2 Å². The molecule has 1 heterocycles. The van der Waals surface area contributed by atoms with Crippen LogP contribution in [0, 0.1) is 16.7 Å². The lowest BCUT2D eigenvalue weighted by molar-refractivity contribution is 0.302. The van der Waals surface area contributed by atoms with E-state index in [1.807, 2.05) is 6.92 Å². The van der Waals surface area contributed by atoms with Gasteiger partial charge in [-0.05, 0) is 18.8 Å². The largest absolute Gasteiger partial charge is 0.307 e. The highest BCUT2D eigenvalue weighted by Gasteiger charge is 2.19. The Balaban J connectivity index is 2.36. The molecule has 16 heavy (non-hydrogen) atoms. The summed E-state index contributed by atoms with van der Waals surface area (Å²) in [5.74, 6) is 0.844. The van der Waals surface area contributed by atoms with E-state index in [1.54, 1.807) is 0 Å². The van der Waals surface area contributed by atoms with E-state index < -0.39 is 0 Å². The van der Waals surface area contributed by atoms with Crippen LogP contribution in [-0.2, 0) is 0 Å². The van der Waals surface area contributed by atoms with Crippen LogP contribution >= 0.6 is 0 Å². The zero-order valence-corrected chi connectivity index (χ0v) is 10.1. The first kappa shape index (κ1) is 12.7. The second-order valence-electron chi connectivity index (χ2n) is 4.80. The quantitative estimate of drug-likeness (QED) is 0.767. The van der Waals surface area contributed by atoms with Gasteiger partial charge in [-0.2, -0.15) is 10.4 Å². The van der Waals surface area contributed by atoms with Gasteiger partial charge in [0.2, 0.25) is 0 Å². The van der Waals surface area contributed by atoms with Crippen molar-refractivity contribution >= 4 is 0 Å². The van der Waals surface area contributed by atoms with E-state index >= 15 is 0 Å². The number of aromatic nitrogens is 3. The van der Waals surface area contributed by atoms with Gasteiger partial charge in [-0.3, -0.25) is 5.10 Å². The van der Waals surface area contributed by atoms with Gasteiger partial charge in [-0.15, -0.1) is 0 Å². The van der Waals surface area contributed by atoms with Gasteiger partial charge >= 0.3 is 0 Å². The second-order valence-corrected chi connectivity index (χ2v) is 4.80. The molecular weight excluding hydrogens is 202 g/mol. The van der Waals surface area contributed by atoms with Gasteiger partial charge in [0.05, 0.1) is 12.1 Å². The third-order valence-corrected chi connectivity index (χ3v) is 2.64. The van der Waals surface area contributed by atoms with Crippen molar-refractivity contribution in [2.45, 2.75) is 39.7 Å². The highest BCUT2D eigenvalue weighted by atomic mass is 15.2. The van der Waals surface area contributed by atoms with E-state index in [-0.39, 0.29) is 11.5 Å². The van der Waals surface area contributed by atoms with Crippen molar-refractivity contribution in [3.63, 3.8) is 0 Å². The van der Waals surface area contributed by atoms with Gasteiger partial charge in [0, 0.05) is 13.0 Å². The molecule has 1 aromatic heterocycles. The molecule has 0 aliphatic rings. The van der Waals surface area contributed by atoms with E-state index in [4.69, 9.17) is 5.26 Å². The summed E-state index contributed by atoms with van der Waals surface area (Å²) in [7, 11) is 0. The number of nitrogens with one attached hydrogen (secondary N) is 2. The molecule has 5 heteroatoms. The lowest BCUT2D eigenvalue weighted by Crippen LogP contribution is -2.31. The third-order valence-electron chi connectivity index (χ3n) is 2.64. The summed E-state index contributed by atoms with van der Waals surface area (Å²) in [6.45, 7) is 7.21. The number of hydrogen-bond donors (Lipinski definition) is 2. The van der Waals surface area contributed by atoms with E-state index in [0.29, 0.717) is 6.42 Å². The molecule has 0 saturated carbocycles. The maximum atomic E-state index is 8.56. The Morgan fingerprint density at radius 3 is 2.94 bits per heavy atom. The molecule has 0 fully saturated rings. The average Bonchev–Trinajstić information content (AvgIpc) is 2.77. The summed E-state index contributed by atoms with van der Waals surface area (Å²) < 4.78 is 0. The summed E-state index contributed by atoms with van der Waals surface area (Å²) in [5, 5.41) is 18.6. The van der Waals surface area contributed by atoms with E-state index in [9.17, 15) is 0 Å². The van der Waals surface area contributed by atoms with Crippen molar-refractivity contribution in [2.24, 2.45) is 5.41 Å². The first-order chi connectivity index (χ1) is 7.55. The molecule has 0 aliphatic carbocycles. The van der Waals surface area contributed by atoms with Crippen molar-refractivity contribution in [1.82, 2.24) is 20.5 Å². The molecule has 0 radical (unpaired) electrons. The van der Waals surface area contributed by atoms with Crippen LogP contribution in [0.5, 0.6) is 0 Å². The Kier molecular flexibility index (Phi) is 4.44. The fraction of sp³-hybridized carbons (Fsp3) is 0.727. The van der Waals surface area contributed by atoms with Crippen LogP contribution in [0.15, 0.2) is 6.33 Å². The topological polar surface area (TPSA) is 77.4 Å². The molecule has 1 aromatic rings. The number of nitriles is 1. The number of rotatable bonds is 6. The van der Waals surface area contributed by atoms with Crippen LogP contribution < -0.4 is 5.32 Å². The highest BCUT2D eigenvalue weighted by Crippen LogP contribution is 2.21. The molecule has 1 unspecified atom stereocenters. The summed E-state index contributed by atoms with van der Waals surface area (Å²) in [6, 6.07) is 2.34. The Labute approximate surface area is 96.3 Å². The summed E-state index contributed by atoms with van der Waals surface area (Å²) in [6.07, 6.45) is 3.01. The minimum Gasteiger partial charge on any atom is -0.307 e. The Morgan fingerprint density at radius 1 is 1.62 bits per heavy atom. The Morgan fingerprint density at radius 2 is 2.38 bits per heavy atom. The molecule has 1 rings (SSSR count). The zero-order valence-electron chi connectivity index (χ0n) is 10.1. The van der Waals surface area contributed by atoms with Crippen LogP contribution in [0.25, 0.3) is 0 Å². The molecule has 1 atom stereocenters. The van der Waals surface area contributed by atoms with Gasteiger partial charge in [-0.25, -0.2) is 4.98 Å². The summed E-state index contributed by atoms with van der Waals surface area (Å²) in [5.41, 5.74) is 0.129. The van der Waals surface area contributed by atoms with Crippen LogP contribution in [0.3, 0.4) is 0 Å². The predicted molar refractivity (Wildman–Crippen MR) is 61.4 cm³/mol. The standard InChI is InChI=1S/C11H19N5/c1-9(10-14-8-15-16-10)13-7-11(2,3)5-4-6-12/h8-9,13H,4-5,7H2,1-3H3,(H,14,15,16). The highest BCUT2D eigenvalue weighted by molar-refractivity contribution is 4.90. The van der Waals surface area contributed by atoms with E-state index in [2.05, 4.69) is 40.4 Å². The van der Waals surface area contributed by atoms with Crippen molar-refractivity contribution in [1.29, 1.82) is 5.26 Å². The normalized spacial score (nSPS) is 13.4. The molecule has 0 aromatic carbocycles. The maximum Gasteiger partial charge on any atom is 0.141 e. The smallest absolute Gasteiger partial charge is 0.141 e. The van der Waals surface area contributed by atoms with Gasteiger partial charge < -0.3 is 5.32 Å². The van der Waals surface area contributed by atoms with Crippen molar-refractivity contribution in [3.8, 4) is 6.07 Å². The van der Waals surface area contributed by atoms with Crippen molar-refractivity contribution in [2.75, 3.05) is 6.54 Å². The van der Waals surface area contributed by atoms with Gasteiger partial charge in [-0.1, -0.05) is 13.8 Å². The Hall–Kier alpha value is -1.41. The molecule has 0 saturated heterocycles. The molecule has 0 bridgehead atoms. The zero-order chi connectivity index (χ0) is 12.0. The number of H-pyrrole nitrogens is 1. The minimum atomic E-state index is 0.129. The van der Waals surface area contributed by atoms with Crippen LogP contribution in [0.4, 0.5) is 0 Å². The summed E-state index contributed by atoms with van der Waals surface area (Å²) >= 11 is 0. The van der Waals surface area contributed by atoms with Gasteiger partial charge in [0.1, 0.15) is 12.2 Å². The molecule has 88 valence electrons. The number of aromatic amines is 1. The SMILES string of the molecule is CC(NCC(C)(C)CCC#N)c1ncn[nH]1. The van der Waals surface area contributed by atoms with Gasteiger partial charge in [0.25, 0.3) is 0 Å². The van der Waals surface area contributed by atoms with E-state index in [1.165, 1.54) is 6.33 Å². The van der Waals surface area contributed by atoms with Crippen molar-refractivity contribution < 1.29 is 0 Å². The molecule has 0 spiro atoms. The minimum absolute atomic E-state index is 0.129. The lowest BCUT2D eigenvalue weighted by atomic mass is 9.88. The maximum absolute atomic E-state index is 8.56. The first-order valence-corrected chi connectivity index (χ1v) is 5.51. The number of nitrogens with zero attached hydrogens (tertiary/aromatic N) is 3. The van der Waals surface area contributed by atoms with Crippen LogP contribution in [-0.4, -0.2) is 21.7 Å². The third kappa shape index (κ3) is 3.99. The van der Waals surface area contributed by atoms with Crippen LogP contribution in [0.1, 0.15) is 45.5 Å². The molecule has 0 aliphatic heterocycles. The predicted octanol–water partition coefficient (Wildman–Crippen LogP) is 1.79. The lowest BCUT2D eigenvalue weighted by Gasteiger charge is -2.25. The second kappa shape index (κ2) is 5.61. The average molecular weight is 221 g/mol. The molecular formula is C11H19N5. The van der Waals surface area contributed by atoms with Gasteiger partial charge in [0.15, 0.2) is 0 Å². The Bertz CT molecular complexity index is 336. The van der Waals surface area contributed by atoms with E-state index in [0.717, 1.165) is 18.8 Å². The molecule has 2 N–H and O–H groups in total. The first-order valence-electron chi connectivity index (χ1n) is 5.51. The van der Waals surface area contributed by atoms with Crippen LogP contribution in [0.2, 0.25) is 0 Å². The fourth-order valence-electron chi connectivity index (χ4n) is 1.43. The molecule has 0 amide bonds. The fourth-order valence-corrected chi connectivity index (χ4v) is 1.43. The number of hydrogen-bond acceptors (Lipinski definition) is 4. The molecule has 5 nitrogen and oxygen atoms in total. The summed E-state index contributed by atoms with van der Waals surface area (Å²) in [4.78, 5) is 4.10.